The third-order valence-corrected chi connectivity index (χ3v) is 4.36. The molecular formula is C20H21N5O4. The molecule has 29 heavy (non-hydrogen) atoms. The van der Waals surface area contributed by atoms with E-state index in [9.17, 15) is 14.4 Å². The van der Waals surface area contributed by atoms with Crippen molar-refractivity contribution in [3.8, 4) is 0 Å². The molecule has 9 heteroatoms. The van der Waals surface area contributed by atoms with Gasteiger partial charge in [0.25, 0.3) is 11.8 Å². The van der Waals surface area contributed by atoms with Gasteiger partial charge in [-0.1, -0.05) is 6.07 Å². The molecule has 0 saturated heterocycles. The van der Waals surface area contributed by atoms with Gasteiger partial charge >= 0.3 is 5.97 Å². The van der Waals surface area contributed by atoms with Crippen LogP contribution in [0.4, 0.5) is 5.82 Å². The monoisotopic (exact) mass is 395 g/mol. The average Bonchev–Trinajstić information content (AvgIpc) is 3.05. The highest BCUT2D eigenvalue weighted by Gasteiger charge is 2.22. The number of ether oxygens (including phenoxy) is 1. The summed E-state index contributed by atoms with van der Waals surface area (Å²) in [6.07, 6.45) is 1.61. The van der Waals surface area contributed by atoms with Gasteiger partial charge in [-0.05, 0) is 37.3 Å². The number of carbonyl (C=O) groups excluding carboxylic acids is 3. The Morgan fingerprint density at radius 1 is 1.21 bits per heavy atom. The number of nitrogens with two attached hydrogens (primary N) is 1. The summed E-state index contributed by atoms with van der Waals surface area (Å²) in [6.45, 7) is 2.11. The third-order valence-electron chi connectivity index (χ3n) is 4.36. The number of aromatic nitrogens is 3. The summed E-state index contributed by atoms with van der Waals surface area (Å²) in [5.41, 5.74) is 6.84. The molecule has 150 valence electrons. The van der Waals surface area contributed by atoms with E-state index in [2.05, 4.69) is 9.97 Å². The van der Waals surface area contributed by atoms with Gasteiger partial charge in [-0.15, -0.1) is 0 Å². The van der Waals surface area contributed by atoms with E-state index in [-0.39, 0.29) is 31.3 Å². The average molecular weight is 395 g/mol. The predicted molar refractivity (Wildman–Crippen MR) is 106 cm³/mol. The van der Waals surface area contributed by atoms with Gasteiger partial charge < -0.3 is 15.0 Å². The van der Waals surface area contributed by atoms with Crippen LogP contribution in [0.2, 0.25) is 0 Å². The number of imidazole rings is 1. The summed E-state index contributed by atoms with van der Waals surface area (Å²) in [7, 11) is 1.68. The highest BCUT2D eigenvalue weighted by atomic mass is 16.5. The van der Waals surface area contributed by atoms with Gasteiger partial charge in [-0.3, -0.25) is 19.3 Å². The van der Waals surface area contributed by atoms with Crippen molar-refractivity contribution < 1.29 is 19.1 Å². The van der Waals surface area contributed by atoms with Gasteiger partial charge in [-0.25, -0.2) is 9.97 Å². The molecule has 0 aliphatic heterocycles. The first kappa shape index (κ1) is 20.0. The number of amides is 2. The molecule has 0 saturated carbocycles. The summed E-state index contributed by atoms with van der Waals surface area (Å²) in [4.78, 5) is 46.3. The minimum atomic E-state index is -0.652. The van der Waals surface area contributed by atoms with Crippen molar-refractivity contribution in [3.05, 3.63) is 54.0 Å². The van der Waals surface area contributed by atoms with Crippen molar-refractivity contribution in [1.29, 1.82) is 0 Å². The number of hydrogen-bond acceptors (Lipinski definition) is 6. The van der Waals surface area contributed by atoms with E-state index < -0.39 is 11.9 Å². The summed E-state index contributed by atoms with van der Waals surface area (Å²) in [5, 5.41) is 0. The van der Waals surface area contributed by atoms with Gasteiger partial charge in [0.2, 0.25) is 0 Å². The van der Waals surface area contributed by atoms with E-state index >= 15 is 0 Å². The number of primary amides is 1. The van der Waals surface area contributed by atoms with E-state index in [1.807, 2.05) is 0 Å². The Hall–Kier alpha value is -3.75. The smallest absolute Gasteiger partial charge is 0.307 e. The Balaban J connectivity index is 1.94. The number of fused-ring (bicyclic) bond motifs is 1. The van der Waals surface area contributed by atoms with Gasteiger partial charge in [0, 0.05) is 25.4 Å². The molecule has 0 bridgehead atoms. The zero-order chi connectivity index (χ0) is 21.0. The molecule has 0 aliphatic carbocycles. The second kappa shape index (κ2) is 8.51. The normalized spacial score (nSPS) is 10.7. The molecule has 2 aromatic heterocycles. The molecule has 3 rings (SSSR count). The van der Waals surface area contributed by atoms with Crippen LogP contribution in [-0.2, 0) is 16.6 Å². The second-order valence-corrected chi connectivity index (χ2v) is 6.26. The van der Waals surface area contributed by atoms with Crippen LogP contribution in [-0.4, -0.2) is 45.5 Å². The van der Waals surface area contributed by atoms with Crippen LogP contribution in [0, 0.1) is 0 Å². The number of benzene rings is 1. The van der Waals surface area contributed by atoms with Crippen molar-refractivity contribution in [2.24, 2.45) is 12.8 Å². The fraction of sp³-hybridized carbons (Fsp3) is 0.250. The lowest BCUT2D eigenvalue weighted by Gasteiger charge is -2.21. The van der Waals surface area contributed by atoms with Crippen LogP contribution in [0.15, 0.2) is 42.6 Å². The molecule has 1 aromatic carbocycles. The van der Waals surface area contributed by atoms with E-state index in [1.54, 1.807) is 61.1 Å². The quantitative estimate of drug-likeness (QED) is 0.608. The van der Waals surface area contributed by atoms with E-state index in [0.29, 0.717) is 22.4 Å². The minimum absolute atomic E-state index is 0.0355. The Labute approximate surface area is 167 Å². The van der Waals surface area contributed by atoms with Gasteiger partial charge in [0.05, 0.1) is 24.1 Å². The fourth-order valence-corrected chi connectivity index (χ4v) is 2.98. The summed E-state index contributed by atoms with van der Waals surface area (Å²) >= 11 is 0. The highest BCUT2D eigenvalue weighted by molar-refractivity contribution is 6.07. The summed E-state index contributed by atoms with van der Waals surface area (Å²) < 4.78 is 6.53. The molecule has 2 N–H and O–H groups in total. The molecule has 2 heterocycles. The maximum atomic E-state index is 13.2. The second-order valence-electron chi connectivity index (χ2n) is 6.26. The van der Waals surface area contributed by atoms with Gasteiger partial charge in [0.15, 0.2) is 5.82 Å². The maximum absolute atomic E-state index is 13.2. The van der Waals surface area contributed by atoms with Crippen molar-refractivity contribution in [2.75, 3.05) is 18.1 Å². The van der Waals surface area contributed by atoms with Crippen LogP contribution >= 0.6 is 0 Å². The molecule has 0 aliphatic rings. The number of carbonyl (C=O) groups is 3. The molecule has 2 amide bonds. The van der Waals surface area contributed by atoms with E-state index in [0.717, 1.165) is 0 Å². The highest BCUT2D eigenvalue weighted by Crippen LogP contribution is 2.20. The Morgan fingerprint density at radius 3 is 2.66 bits per heavy atom. The molecule has 0 fully saturated rings. The topological polar surface area (TPSA) is 120 Å². The number of nitrogens with zero attached hydrogens (tertiary/aromatic N) is 4. The van der Waals surface area contributed by atoms with Gasteiger partial charge in [0.1, 0.15) is 5.82 Å². The molecule has 0 unspecified atom stereocenters. The molecule has 9 nitrogen and oxygen atoms in total. The Morgan fingerprint density at radius 2 is 2.00 bits per heavy atom. The van der Waals surface area contributed by atoms with Crippen LogP contribution in [0.25, 0.3) is 11.0 Å². The molecule has 3 aromatic rings. The lowest BCUT2D eigenvalue weighted by atomic mass is 10.1. The van der Waals surface area contributed by atoms with Crippen LogP contribution in [0.1, 0.15) is 34.3 Å². The van der Waals surface area contributed by atoms with Crippen molar-refractivity contribution in [3.63, 3.8) is 0 Å². The Kier molecular flexibility index (Phi) is 5.87. The predicted octanol–water partition coefficient (Wildman–Crippen LogP) is 1.67. The number of hydrogen-bond donors (Lipinski definition) is 1. The number of rotatable bonds is 7. The number of pyridine rings is 1. The molecular weight excluding hydrogens is 374 g/mol. The van der Waals surface area contributed by atoms with Gasteiger partial charge in [-0.2, -0.15) is 0 Å². The zero-order valence-electron chi connectivity index (χ0n) is 16.2. The van der Waals surface area contributed by atoms with Crippen molar-refractivity contribution in [2.45, 2.75) is 13.3 Å². The summed E-state index contributed by atoms with van der Waals surface area (Å²) in [6, 6.07) is 10.1. The number of esters is 1. The zero-order valence-corrected chi connectivity index (χ0v) is 16.2. The first-order chi connectivity index (χ1) is 13.9. The molecule has 0 spiro atoms. The number of aryl methyl sites for hydroxylation is 1. The van der Waals surface area contributed by atoms with Crippen LogP contribution in [0.5, 0.6) is 0 Å². The lowest BCUT2D eigenvalue weighted by Crippen LogP contribution is -2.34. The van der Waals surface area contributed by atoms with E-state index in [1.165, 1.54) is 4.90 Å². The van der Waals surface area contributed by atoms with E-state index in [4.69, 9.17) is 10.5 Å². The molecule has 0 radical (unpaired) electrons. The van der Waals surface area contributed by atoms with Crippen molar-refractivity contribution in [1.82, 2.24) is 14.5 Å². The maximum Gasteiger partial charge on any atom is 0.307 e. The standard InChI is InChI=1S/C20H21N5O4/c1-3-29-17(26)9-11-25(16-6-4-5-10-22-16)20(28)13-7-8-15-14(12-13)23-19(18(21)27)24(15)2/h4-8,10,12H,3,9,11H2,1-2H3,(H2,21,27). The Bertz CT molecular complexity index is 1060. The fourth-order valence-electron chi connectivity index (χ4n) is 2.98. The first-order valence-electron chi connectivity index (χ1n) is 9.07. The summed E-state index contributed by atoms with van der Waals surface area (Å²) in [5.74, 6) is -0.871. The van der Waals surface area contributed by atoms with Crippen molar-refractivity contribution >= 4 is 34.6 Å². The SMILES string of the molecule is CCOC(=O)CCN(C(=O)c1ccc2c(c1)nc(C(N)=O)n2C)c1ccccn1. The minimum Gasteiger partial charge on any atom is -0.466 e. The van der Waals surface area contributed by atoms with Crippen LogP contribution < -0.4 is 10.6 Å². The molecule has 0 atom stereocenters. The lowest BCUT2D eigenvalue weighted by molar-refractivity contribution is -0.142. The number of anilines is 1. The largest absolute Gasteiger partial charge is 0.466 e. The first-order valence-corrected chi connectivity index (χ1v) is 9.07. The van der Waals surface area contributed by atoms with Crippen LogP contribution in [0.3, 0.4) is 0 Å². The third kappa shape index (κ3) is 4.23.